The van der Waals surface area contributed by atoms with Gasteiger partial charge in [0.1, 0.15) is 23.6 Å². The van der Waals surface area contributed by atoms with E-state index in [0.29, 0.717) is 0 Å². The van der Waals surface area contributed by atoms with E-state index < -0.39 is 0 Å². The maximum atomic E-state index is 6.30. The van der Waals surface area contributed by atoms with E-state index >= 15 is 0 Å². The van der Waals surface area contributed by atoms with Crippen LogP contribution in [0.1, 0.15) is 5.56 Å². The first-order valence-electron chi connectivity index (χ1n) is 7.80. The van der Waals surface area contributed by atoms with E-state index in [2.05, 4.69) is 63.6 Å². The Hall–Kier alpha value is -2.88. The summed E-state index contributed by atoms with van der Waals surface area (Å²) in [5, 5.41) is 2.46. The van der Waals surface area contributed by atoms with Gasteiger partial charge in [-0.3, -0.25) is 4.48 Å². The lowest BCUT2D eigenvalue weighted by Gasteiger charge is -2.03. The molecule has 1 aliphatic heterocycles. The van der Waals surface area contributed by atoms with E-state index in [4.69, 9.17) is 7.98 Å². The molecular formula is C19H12BN3+2. The Morgan fingerprint density at radius 2 is 1.70 bits per heavy atom. The Bertz CT molecular complexity index is 1300. The summed E-state index contributed by atoms with van der Waals surface area (Å²) < 4.78 is 6.54. The molecule has 0 unspecified atom stereocenters. The van der Waals surface area contributed by atoms with E-state index in [1.54, 1.807) is 4.48 Å². The second-order valence-corrected chi connectivity index (χ2v) is 6.22. The predicted molar refractivity (Wildman–Crippen MR) is 90.6 cm³/mol. The smallest absolute Gasteiger partial charge is 0.285 e. The molecule has 0 spiro atoms. The van der Waals surface area contributed by atoms with Crippen molar-refractivity contribution in [3.63, 3.8) is 0 Å². The molecule has 0 amide bonds. The number of para-hydroxylation sites is 3. The zero-order chi connectivity index (χ0) is 15.1. The van der Waals surface area contributed by atoms with E-state index in [9.17, 15) is 0 Å². The Balaban J connectivity index is 2.13. The zero-order valence-corrected chi connectivity index (χ0v) is 12.4. The molecule has 4 heterocycles. The Morgan fingerprint density at radius 1 is 0.913 bits per heavy atom. The van der Waals surface area contributed by atoms with Gasteiger partial charge in [-0.2, -0.15) is 4.40 Å². The zero-order valence-electron chi connectivity index (χ0n) is 12.4. The minimum Gasteiger partial charge on any atom is -0.285 e. The number of hydrogen-bond acceptors (Lipinski definition) is 0. The minimum absolute atomic E-state index is 0.903. The van der Waals surface area contributed by atoms with Crippen LogP contribution >= 0.6 is 0 Å². The van der Waals surface area contributed by atoms with Crippen LogP contribution in [-0.4, -0.2) is 12.4 Å². The minimum atomic E-state index is 0.903. The van der Waals surface area contributed by atoms with Crippen molar-refractivity contribution < 1.29 is 9.05 Å². The molecule has 104 valence electrons. The number of aromatic nitrogens is 3. The van der Waals surface area contributed by atoms with Gasteiger partial charge in [-0.05, 0) is 24.3 Å². The Labute approximate surface area is 133 Å². The third-order valence-corrected chi connectivity index (χ3v) is 5.09. The summed E-state index contributed by atoms with van der Waals surface area (Å²) in [5.74, 6) is 0. The second-order valence-electron chi connectivity index (χ2n) is 6.22. The largest absolute Gasteiger partial charge is 0.586 e. The molecule has 0 N–H and O–H groups in total. The molecule has 6 rings (SSSR count). The molecule has 2 aromatic carbocycles. The van der Waals surface area contributed by atoms with Crippen LogP contribution in [0.3, 0.4) is 0 Å². The number of fused-ring (bicyclic) bond motifs is 6. The topological polar surface area (TPSA) is 12.2 Å². The second kappa shape index (κ2) is 3.71. The molecule has 3 aromatic heterocycles. The van der Waals surface area contributed by atoms with Gasteiger partial charge < -0.3 is 0 Å². The van der Waals surface area contributed by atoms with Crippen molar-refractivity contribution >= 4 is 46.5 Å². The number of imidazole rings is 1. The van der Waals surface area contributed by atoms with Gasteiger partial charge >= 0.3 is 13.6 Å². The number of nitrogens with zero attached hydrogens (tertiary/aromatic N) is 3. The molecule has 3 nitrogen and oxygen atoms in total. The van der Waals surface area contributed by atoms with Crippen molar-refractivity contribution in [3.8, 4) is 0 Å². The third-order valence-electron chi connectivity index (χ3n) is 5.09. The molecule has 4 heteroatoms. The average molecular weight is 293 g/mol. The molecule has 23 heavy (non-hydrogen) atoms. The Kier molecular flexibility index (Phi) is 1.88. The van der Waals surface area contributed by atoms with Crippen LogP contribution in [0.4, 0.5) is 0 Å². The van der Waals surface area contributed by atoms with Crippen molar-refractivity contribution in [2.75, 3.05) is 0 Å². The van der Waals surface area contributed by atoms with E-state index in [0.717, 1.165) is 12.1 Å². The fourth-order valence-corrected chi connectivity index (χ4v) is 4.18. The van der Waals surface area contributed by atoms with Gasteiger partial charge in [0.05, 0.1) is 5.39 Å². The molecule has 1 aliphatic rings. The maximum Gasteiger partial charge on any atom is 0.586 e. The number of pyridine rings is 2. The lowest BCUT2D eigenvalue weighted by atomic mass is 10.1. The van der Waals surface area contributed by atoms with Gasteiger partial charge in [-0.1, -0.05) is 24.3 Å². The van der Waals surface area contributed by atoms with Crippen molar-refractivity contribution in [2.24, 2.45) is 0 Å². The quantitative estimate of drug-likeness (QED) is 0.231. The first-order valence-corrected chi connectivity index (χ1v) is 7.80. The lowest BCUT2D eigenvalue weighted by Crippen LogP contribution is -2.32. The molecule has 0 fully saturated rings. The van der Waals surface area contributed by atoms with Crippen molar-refractivity contribution in [1.82, 2.24) is 4.40 Å². The van der Waals surface area contributed by atoms with Crippen LogP contribution in [0.15, 0.2) is 60.8 Å². The Morgan fingerprint density at radius 3 is 2.61 bits per heavy atom. The summed E-state index contributed by atoms with van der Waals surface area (Å²) in [6, 6.07) is 19.3. The van der Waals surface area contributed by atoms with Gasteiger partial charge in [0.25, 0.3) is 0 Å². The predicted octanol–water partition coefficient (Wildman–Crippen LogP) is 2.27. The van der Waals surface area contributed by atoms with Gasteiger partial charge in [-0.15, -0.1) is 0 Å². The highest BCUT2D eigenvalue weighted by Crippen LogP contribution is 2.34. The number of hydrogen-bond donors (Lipinski definition) is 0. The van der Waals surface area contributed by atoms with Gasteiger partial charge in [0.2, 0.25) is 5.52 Å². The van der Waals surface area contributed by atoms with E-state index in [1.807, 2.05) is 6.20 Å². The summed E-state index contributed by atoms with van der Waals surface area (Å²) in [7, 11) is 6.30. The molecule has 0 aliphatic carbocycles. The molecule has 0 bridgehead atoms. The fourth-order valence-electron chi connectivity index (χ4n) is 4.18. The summed E-state index contributed by atoms with van der Waals surface area (Å²) in [5.41, 5.74) is 7.41. The van der Waals surface area contributed by atoms with Gasteiger partial charge in [0, 0.05) is 11.6 Å². The highest BCUT2D eigenvalue weighted by Gasteiger charge is 2.34. The van der Waals surface area contributed by atoms with Crippen LogP contribution in [0, 0.1) is 0 Å². The van der Waals surface area contributed by atoms with Crippen molar-refractivity contribution in [3.05, 3.63) is 66.4 Å². The highest BCUT2D eigenvalue weighted by atomic mass is 15.1. The average Bonchev–Trinajstić information content (AvgIpc) is 3.12. The maximum absolute atomic E-state index is 6.30. The molecular weight excluding hydrogens is 281 g/mol. The molecule has 5 aromatic rings. The normalized spacial score (nSPS) is 13.2. The third kappa shape index (κ3) is 1.21. The molecule has 0 atom stereocenters. The van der Waals surface area contributed by atoms with Crippen LogP contribution in [0.2, 0.25) is 0 Å². The monoisotopic (exact) mass is 293 g/mol. The molecule has 2 radical (unpaired) electrons. The number of benzene rings is 2. The fraction of sp³-hybridized carbons (Fsp3) is 0.0526. The van der Waals surface area contributed by atoms with E-state index in [-0.39, 0.29) is 0 Å². The summed E-state index contributed by atoms with van der Waals surface area (Å²) >= 11 is 0. The van der Waals surface area contributed by atoms with Crippen LogP contribution in [0.25, 0.3) is 38.5 Å². The summed E-state index contributed by atoms with van der Waals surface area (Å²) in [6.07, 6.45) is 1.97. The van der Waals surface area contributed by atoms with Gasteiger partial charge in [0.15, 0.2) is 11.0 Å². The van der Waals surface area contributed by atoms with Crippen LogP contribution in [-0.2, 0) is 6.54 Å². The van der Waals surface area contributed by atoms with Crippen LogP contribution < -0.4 is 9.05 Å². The SMILES string of the molecule is [B][n+]1ccc2c3c1c1ccccc1n1c4ccccc4[n+](c31)C2. The summed E-state index contributed by atoms with van der Waals surface area (Å²) in [4.78, 5) is 0. The summed E-state index contributed by atoms with van der Waals surface area (Å²) in [6.45, 7) is 0.903. The van der Waals surface area contributed by atoms with Gasteiger partial charge in [-0.25, -0.2) is 4.57 Å². The van der Waals surface area contributed by atoms with E-state index in [1.165, 1.54) is 38.5 Å². The first kappa shape index (κ1) is 11.7. The molecule has 0 saturated heterocycles. The van der Waals surface area contributed by atoms with Crippen LogP contribution in [0.5, 0.6) is 0 Å². The van der Waals surface area contributed by atoms with Crippen molar-refractivity contribution in [1.29, 1.82) is 0 Å². The highest BCUT2D eigenvalue weighted by molar-refractivity contribution is 6.13. The molecule has 0 saturated carbocycles. The first-order chi connectivity index (χ1) is 11.3. The van der Waals surface area contributed by atoms with Crippen molar-refractivity contribution in [2.45, 2.75) is 6.54 Å². The number of rotatable bonds is 0. The standard InChI is InChI=1S/C19H12BN3/c20-22-10-9-12-11-21-15-7-3-4-8-16(15)23-14-6-2-1-5-13(14)18(22)17(12)19(21)23/h1-10H,11H2/q+2. The lowest BCUT2D eigenvalue weighted by molar-refractivity contribution is -0.631.